The molecule has 0 aliphatic rings. The van der Waals surface area contributed by atoms with Crippen molar-refractivity contribution >= 4 is 23.5 Å². The minimum atomic E-state index is -1.31. The van der Waals surface area contributed by atoms with Crippen molar-refractivity contribution in [3.63, 3.8) is 0 Å². The Morgan fingerprint density at radius 3 is 1.83 bits per heavy atom. The molecule has 0 rings (SSSR count). The molecule has 0 aliphatic carbocycles. The van der Waals surface area contributed by atoms with Crippen LogP contribution in [-0.4, -0.2) is 25.2 Å². The maximum absolute atomic E-state index is 12.8. The van der Waals surface area contributed by atoms with Crippen LogP contribution in [0.25, 0.3) is 0 Å². The summed E-state index contributed by atoms with van der Waals surface area (Å²) in [6.07, 6.45) is 5.68. The van der Waals surface area contributed by atoms with Gasteiger partial charge in [-0.05, 0) is 38.5 Å². The molecule has 0 bridgehead atoms. The fourth-order valence-corrected chi connectivity index (χ4v) is 2.48. The maximum atomic E-state index is 12.8. The van der Waals surface area contributed by atoms with Crippen LogP contribution in [0.5, 0.6) is 0 Å². The van der Waals surface area contributed by atoms with Crippen molar-refractivity contribution in [1.82, 2.24) is 0 Å². The number of hydrogen-bond donors (Lipinski definition) is 0. The highest BCUT2D eigenvalue weighted by atomic mass is 35.5. The minimum Gasteiger partial charge on any atom is -0.465 e. The van der Waals surface area contributed by atoms with Gasteiger partial charge in [0.2, 0.25) is 0 Å². The number of esters is 2. The first kappa shape index (κ1) is 23.0. The van der Waals surface area contributed by atoms with Gasteiger partial charge in [-0.1, -0.05) is 58.2 Å². The molecule has 0 saturated heterocycles. The van der Waals surface area contributed by atoms with E-state index in [0.717, 1.165) is 25.7 Å². The SMILES string of the molecule is CCCCOC(=O)C(CC=C(C)Cl)(CC(C)C)C(=O)OCCCC. The number of ether oxygens (including phenoxy) is 2. The Bertz CT molecular complexity index is 390. The molecule has 0 radical (unpaired) electrons. The van der Waals surface area contributed by atoms with Gasteiger partial charge in [-0.25, -0.2) is 0 Å². The molecule has 0 aromatic carbocycles. The molecule has 0 atom stereocenters. The van der Waals surface area contributed by atoms with Gasteiger partial charge in [0, 0.05) is 5.03 Å². The lowest BCUT2D eigenvalue weighted by Gasteiger charge is -2.30. The number of hydrogen-bond acceptors (Lipinski definition) is 4. The quantitative estimate of drug-likeness (QED) is 0.271. The van der Waals surface area contributed by atoms with Crippen LogP contribution in [0.15, 0.2) is 11.1 Å². The number of unbranched alkanes of at least 4 members (excludes halogenated alkanes) is 2. The smallest absolute Gasteiger partial charge is 0.323 e. The highest BCUT2D eigenvalue weighted by Crippen LogP contribution is 2.35. The van der Waals surface area contributed by atoms with E-state index in [4.69, 9.17) is 21.1 Å². The maximum Gasteiger partial charge on any atom is 0.323 e. The van der Waals surface area contributed by atoms with E-state index in [1.54, 1.807) is 13.0 Å². The Labute approximate surface area is 151 Å². The van der Waals surface area contributed by atoms with Crippen molar-refractivity contribution in [2.75, 3.05) is 13.2 Å². The molecule has 0 unspecified atom stereocenters. The van der Waals surface area contributed by atoms with Crippen LogP contribution in [0.4, 0.5) is 0 Å². The molecule has 0 fully saturated rings. The number of carbonyl (C=O) groups excluding carboxylic acids is 2. The molecule has 0 saturated carbocycles. The van der Waals surface area contributed by atoms with Gasteiger partial charge in [-0.15, -0.1) is 0 Å². The molecule has 0 amide bonds. The van der Waals surface area contributed by atoms with Crippen LogP contribution in [0.3, 0.4) is 0 Å². The van der Waals surface area contributed by atoms with Crippen molar-refractivity contribution in [2.45, 2.75) is 73.1 Å². The van der Waals surface area contributed by atoms with E-state index >= 15 is 0 Å². The second kappa shape index (κ2) is 12.3. The van der Waals surface area contributed by atoms with Crippen LogP contribution in [0.2, 0.25) is 0 Å². The average molecular weight is 361 g/mol. The first-order chi connectivity index (χ1) is 11.3. The zero-order valence-corrected chi connectivity index (χ0v) is 16.6. The van der Waals surface area contributed by atoms with Gasteiger partial charge in [0.15, 0.2) is 5.41 Å². The van der Waals surface area contributed by atoms with E-state index in [9.17, 15) is 9.59 Å². The molecule has 0 N–H and O–H groups in total. The number of halogens is 1. The molecule has 5 heteroatoms. The number of carbonyl (C=O) groups is 2. The lowest BCUT2D eigenvalue weighted by Crippen LogP contribution is -2.43. The van der Waals surface area contributed by atoms with E-state index < -0.39 is 17.4 Å². The van der Waals surface area contributed by atoms with Gasteiger partial charge in [0.1, 0.15) is 0 Å². The topological polar surface area (TPSA) is 52.6 Å². The lowest BCUT2D eigenvalue weighted by molar-refractivity contribution is -0.174. The van der Waals surface area contributed by atoms with Crippen LogP contribution in [0, 0.1) is 11.3 Å². The summed E-state index contributed by atoms with van der Waals surface area (Å²) >= 11 is 5.94. The third kappa shape index (κ3) is 8.18. The van der Waals surface area contributed by atoms with Crippen molar-refractivity contribution < 1.29 is 19.1 Å². The molecular formula is C19H33ClO4. The first-order valence-corrected chi connectivity index (χ1v) is 9.34. The normalized spacial score (nSPS) is 12.4. The van der Waals surface area contributed by atoms with Crippen LogP contribution < -0.4 is 0 Å². The van der Waals surface area contributed by atoms with Crippen molar-refractivity contribution in [2.24, 2.45) is 11.3 Å². The Morgan fingerprint density at radius 1 is 1.04 bits per heavy atom. The molecule has 0 aromatic rings. The predicted octanol–water partition coefficient (Wildman–Crippen LogP) is 5.24. The number of rotatable bonds is 12. The zero-order chi connectivity index (χ0) is 18.6. The molecule has 140 valence electrons. The van der Waals surface area contributed by atoms with Crippen molar-refractivity contribution in [3.05, 3.63) is 11.1 Å². The van der Waals surface area contributed by atoms with E-state index in [0.29, 0.717) is 24.7 Å². The largest absolute Gasteiger partial charge is 0.465 e. The first-order valence-electron chi connectivity index (χ1n) is 8.96. The summed E-state index contributed by atoms with van der Waals surface area (Å²) in [5.41, 5.74) is -1.31. The fourth-order valence-electron chi connectivity index (χ4n) is 2.41. The van der Waals surface area contributed by atoms with Gasteiger partial charge < -0.3 is 9.47 Å². The summed E-state index contributed by atoms with van der Waals surface area (Å²) in [6, 6.07) is 0. The summed E-state index contributed by atoms with van der Waals surface area (Å²) in [4.78, 5) is 25.5. The Kier molecular flexibility index (Phi) is 11.8. The number of allylic oxidation sites excluding steroid dienone is 2. The van der Waals surface area contributed by atoms with Gasteiger partial charge in [0.05, 0.1) is 13.2 Å². The summed E-state index contributed by atoms with van der Waals surface area (Å²) in [5.74, 6) is -0.855. The third-order valence-electron chi connectivity index (χ3n) is 3.73. The van der Waals surface area contributed by atoms with E-state index in [1.807, 2.05) is 27.7 Å². The summed E-state index contributed by atoms with van der Waals surface area (Å²) in [6.45, 7) is 10.4. The highest BCUT2D eigenvalue weighted by molar-refractivity contribution is 6.29. The lowest BCUT2D eigenvalue weighted by atomic mass is 9.77. The van der Waals surface area contributed by atoms with Crippen molar-refractivity contribution in [3.8, 4) is 0 Å². The van der Waals surface area contributed by atoms with Crippen molar-refractivity contribution in [1.29, 1.82) is 0 Å². The van der Waals surface area contributed by atoms with Crippen LogP contribution >= 0.6 is 11.6 Å². The van der Waals surface area contributed by atoms with E-state index in [1.165, 1.54) is 0 Å². The second-order valence-corrected chi connectivity index (χ2v) is 7.25. The van der Waals surface area contributed by atoms with Crippen LogP contribution in [0.1, 0.15) is 73.1 Å². The molecule has 0 aliphatic heterocycles. The second-order valence-electron chi connectivity index (χ2n) is 6.65. The van der Waals surface area contributed by atoms with Gasteiger partial charge in [0.25, 0.3) is 0 Å². The Balaban J connectivity index is 5.45. The molecule has 0 heterocycles. The molecule has 0 aromatic heterocycles. The zero-order valence-electron chi connectivity index (χ0n) is 15.8. The summed E-state index contributed by atoms with van der Waals surface area (Å²) in [5, 5.41) is 0.547. The van der Waals surface area contributed by atoms with Crippen LogP contribution in [-0.2, 0) is 19.1 Å². The summed E-state index contributed by atoms with van der Waals surface area (Å²) in [7, 11) is 0. The molecule has 4 nitrogen and oxygen atoms in total. The monoisotopic (exact) mass is 360 g/mol. The van der Waals surface area contributed by atoms with E-state index in [-0.39, 0.29) is 12.3 Å². The fraction of sp³-hybridized carbons (Fsp3) is 0.789. The average Bonchev–Trinajstić information content (AvgIpc) is 2.51. The Morgan fingerprint density at radius 2 is 1.50 bits per heavy atom. The van der Waals surface area contributed by atoms with E-state index in [2.05, 4.69) is 0 Å². The van der Waals surface area contributed by atoms with Gasteiger partial charge in [-0.3, -0.25) is 9.59 Å². The predicted molar refractivity (Wildman–Crippen MR) is 97.8 cm³/mol. The molecule has 24 heavy (non-hydrogen) atoms. The minimum absolute atomic E-state index is 0.145. The van der Waals surface area contributed by atoms with Gasteiger partial charge in [-0.2, -0.15) is 0 Å². The molecule has 0 spiro atoms. The standard InChI is InChI=1S/C19H33ClO4/c1-6-8-12-23-17(21)19(14-15(3)4,11-10-16(5)20)18(22)24-13-9-7-2/h10,15H,6-9,11-14H2,1-5H3. The summed E-state index contributed by atoms with van der Waals surface area (Å²) < 4.78 is 10.8. The van der Waals surface area contributed by atoms with Gasteiger partial charge >= 0.3 is 11.9 Å². The Hall–Kier alpha value is -1.03. The third-order valence-corrected chi connectivity index (χ3v) is 3.89. The molecular weight excluding hydrogens is 328 g/mol. The highest BCUT2D eigenvalue weighted by Gasteiger charge is 2.48.